The van der Waals surface area contributed by atoms with Crippen LogP contribution < -0.4 is 0 Å². The van der Waals surface area contributed by atoms with Gasteiger partial charge < -0.3 is 14.4 Å². The lowest BCUT2D eigenvalue weighted by atomic mass is 9.96. The van der Waals surface area contributed by atoms with Crippen LogP contribution in [-0.4, -0.2) is 28.3 Å². The maximum Gasteiger partial charge on any atom is 0.303 e. The van der Waals surface area contributed by atoms with Gasteiger partial charge in [0.25, 0.3) is 0 Å². The summed E-state index contributed by atoms with van der Waals surface area (Å²) in [5.41, 5.74) is -0.537. The molecule has 0 saturated heterocycles. The van der Waals surface area contributed by atoms with Crippen LogP contribution in [0.15, 0.2) is 4.52 Å². The highest BCUT2D eigenvalue weighted by Crippen LogP contribution is 2.30. The molecule has 1 rings (SSSR count). The molecule has 1 heterocycles. The third kappa shape index (κ3) is 3.03. The molecule has 1 aromatic heterocycles. The number of ether oxygens (including phenoxy) is 1. The van der Waals surface area contributed by atoms with Gasteiger partial charge in [0.1, 0.15) is 5.60 Å². The minimum absolute atomic E-state index is 0.0140. The van der Waals surface area contributed by atoms with Crippen molar-refractivity contribution in [1.82, 2.24) is 10.1 Å². The summed E-state index contributed by atoms with van der Waals surface area (Å²) >= 11 is 0. The normalized spacial score (nSPS) is 11.7. The monoisotopic (exact) mass is 242 g/mol. The number of hydrogen-bond acceptors (Lipinski definition) is 5. The van der Waals surface area contributed by atoms with Crippen LogP contribution in [0.3, 0.4) is 0 Å². The van der Waals surface area contributed by atoms with E-state index in [1.54, 1.807) is 7.11 Å². The highest BCUT2D eigenvalue weighted by atomic mass is 16.5. The molecule has 0 radical (unpaired) electrons. The maximum absolute atomic E-state index is 10.4. The third-order valence-electron chi connectivity index (χ3n) is 2.96. The molecule has 0 fully saturated rings. The van der Waals surface area contributed by atoms with E-state index in [0.29, 0.717) is 11.7 Å². The average Bonchev–Trinajstić information content (AvgIpc) is 2.79. The summed E-state index contributed by atoms with van der Waals surface area (Å²) in [5, 5.41) is 12.4. The summed E-state index contributed by atoms with van der Waals surface area (Å²) in [6.07, 6.45) is 1.70. The van der Waals surface area contributed by atoms with Crippen LogP contribution >= 0.6 is 0 Å². The van der Waals surface area contributed by atoms with Crippen LogP contribution in [0.2, 0.25) is 0 Å². The molecular weight excluding hydrogens is 224 g/mol. The van der Waals surface area contributed by atoms with Crippen molar-refractivity contribution in [2.75, 3.05) is 7.11 Å². The number of aryl methyl sites for hydroxylation is 1. The van der Waals surface area contributed by atoms with Crippen molar-refractivity contribution < 1.29 is 19.2 Å². The summed E-state index contributed by atoms with van der Waals surface area (Å²) in [5.74, 6) is -0.0511. The highest BCUT2D eigenvalue weighted by molar-refractivity contribution is 5.66. The van der Waals surface area contributed by atoms with Gasteiger partial charge in [-0.05, 0) is 12.8 Å². The molecule has 0 atom stereocenters. The van der Waals surface area contributed by atoms with E-state index in [2.05, 4.69) is 10.1 Å². The molecule has 17 heavy (non-hydrogen) atoms. The fourth-order valence-electron chi connectivity index (χ4n) is 1.70. The summed E-state index contributed by atoms with van der Waals surface area (Å²) in [7, 11) is 1.61. The smallest absolute Gasteiger partial charge is 0.303 e. The molecule has 1 N–H and O–H groups in total. The number of hydrogen-bond donors (Lipinski definition) is 1. The molecule has 0 saturated carbocycles. The Bertz CT molecular complexity index is 363. The largest absolute Gasteiger partial charge is 0.481 e. The SMILES string of the molecule is CCC(CC)(OC)c1noc(CCC(=O)O)n1. The zero-order valence-corrected chi connectivity index (χ0v) is 10.4. The minimum atomic E-state index is -0.881. The number of nitrogens with zero attached hydrogens (tertiary/aromatic N) is 2. The Morgan fingerprint density at radius 1 is 1.47 bits per heavy atom. The Morgan fingerprint density at radius 3 is 2.59 bits per heavy atom. The molecule has 0 aromatic carbocycles. The number of rotatable bonds is 7. The lowest BCUT2D eigenvalue weighted by molar-refractivity contribution is -0.137. The quantitative estimate of drug-likeness (QED) is 0.784. The molecule has 0 aliphatic heterocycles. The Kier molecular flexibility index (Phi) is 4.62. The van der Waals surface area contributed by atoms with Crippen molar-refractivity contribution >= 4 is 5.97 Å². The van der Waals surface area contributed by atoms with E-state index in [1.807, 2.05) is 13.8 Å². The molecular formula is C11H18N2O4. The van der Waals surface area contributed by atoms with Crippen LogP contribution in [0.5, 0.6) is 0 Å². The van der Waals surface area contributed by atoms with Gasteiger partial charge in [0, 0.05) is 13.5 Å². The lowest BCUT2D eigenvalue weighted by Crippen LogP contribution is -2.28. The van der Waals surface area contributed by atoms with Crippen LogP contribution in [0, 0.1) is 0 Å². The van der Waals surface area contributed by atoms with Gasteiger partial charge in [-0.1, -0.05) is 19.0 Å². The molecule has 96 valence electrons. The molecule has 6 heteroatoms. The van der Waals surface area contributed by atoms with Crippen molar-refractivity contribution in [3.63, 3.8) is 0 Å². The van der Waals surface area contributed by atoms with E-state index < -0.39 is 11.6 Å². The van der Waals surface area contributed by atoms with Crippen molar-refractivity contribution in [3.8, 4) is 0 Å². The molecule has 6 nitrogen and oxygen atoms in total. The highest BCUT2D eigenvalue weighted by Gasteiger charge is 2.33. The molecule has 0 aliphatic rings. The second-order valence-corrected chi connectivity index (χ2v) is 3.81. The van der Waals surface area contributed by atoms with E-state index in [9.17, 15) is 4.79 Å². The van der Waals surface area contributed by atoms with E-state index in [1.165, 1.54) is 0 Å². The molecule has 1 aromatic rings. The first-order valence-electron chi connectivity index (χ1n) is 5.68. The molecule has 0 amide bonds. The number of carbonyl (C=O) groups is 1. The fourth-order valence-corrected chi connectivity index (χ4v) is 1.70. The predicted octanol–water partition coefficient (Wildman–Crippen LogP) is 1.75. The van der Waals surface area contributed by atoms with Gasteiger partial charge in [0.15, 0.2) is 0 Å². The van der Waals surface area contributed by atoms with Crippen molar-refractivity contribution in [2.24, 2.45) is 0 Å². The zero-order valence-electron chi connectivity index (χ0n) is 10.4. The van der Waals surface area contributed by atoms with Gasteiger partial charge in [-0.25, -0.2) is 0 Å². The minimum Gasteiger partial charge on any atom is -0.481 e. The molecule has 0 bridgehead atoms. The molecule has 0 unspecified atom stereocenters. The number of aliphatic carboxylic acids is 1. The topological polar surface area (TPSA) is 85.5 Å². The van der Waals surface area contributed by atoms with E-state index in [4.69, 9.17) is 14.4 Å². The average molecular weight is 242 g/mol. The lowest BCUT2D eigenvalue weighted by Gasteiger charge is -2.25. The summed E-state index contributed by atoms with van der Waals surface area (Å²) < 4.78 is 10.5. The Morgan fingerprint density at radius 2 is 2.12 bits per heavy atom. The van der Waals surface area contributed by atoms with E-state index >= 15 is 0 Å². The Balaban J connectivity index is 2.81. The Labute approximate surface area is 100.0 Å². The number of methoxy groups -OCH3 is 1. The first-order chi connectivity index (χ1) is 8.07. The van der Waals surface area contributed by atoms with E-state index in [-0.39, 0.29) is 12.8 Å². The molecule has 0 aliphatic carbocycles. The van der Waals surface area contributed by atoms with Gasteiger partial charge in [-0.2, -0.15) is 4.98 Å². The second-order valence-electron chi connectivity index (χ2n) is 3.81. The fraction of sp³-hybridized carbons (Fsp3) is 0.727. The third-order valence-corrected chi connectivity index (χ3v) is 2.96. The van der Waals surface area contributed by atoms with E-state index in [0.717, 1.165) is 12.8 Å². The predicted molar refractivity (Wildman–Crippen MR) is 59.5 cm³/mol. The van der Waals surface area contributed by atoms with Crippen molar-refractivity contribution in [3.05, 3.63) is 11.7 Å². The number of aromatic nitrogens is 2. The summed E-state index contributed by atoms with van der Waals surface area (Å²) in [4.78, 5) is 14.6. The van der Waals surface area contributed by atoms with Crippen LogP contribution in [0.25, 0.3) is 0 Å². The van der Waals surface area contributed by atoms with Gasteiger partial charge >= 0.3 is 5.97 Å². The van der Waals surface area contributed by atoms with Crippen molar-refractivity contribution in [2.45, 2.75) is 45.1 Å². The van der Waals surface area contributed by atoms with Gasteiger partial charge in [-0.3, -0.25) is 4.79 Å². The number of carboxylic acids is 1. The van der Waals surface area contributed by atoms with Crippen LogP contribution in [0.4, 0.5) is 0 Å². The summed E-state index contributed by atoms with van der Waals surface area (Å²) in [6.45, 7) is 3.97. The standard InChI is InChI=1S/C11H18N2O4/c1-4-11(5-2,16-3)10-12-8(17-13-10)6-7-9(14)15/h4-7H2,1-3H3,(H,14,15). The van der Waals surface area contributed by atoms with Gasteiger partial charge in [0.05, 0.1) is 6.42 Å². The Hall–Kier alpha value is -1.43. The van der Waals surface area contributed by atoms with Gasteiger partial charge in [0.2, 0.25) is 11.7 Å². The maximum atomic E-state index is 10.4. The van der Waals surface area contributed by atoms with Gasteiger partial charge in [-0.15, -0.1) is 0 Å². The summed E-state index contributed by atoms with van der Waals surface area (Å²) in [6, 6.07) is 0. The van der Waals surface area contributed by atoms with Crippen LogP contribution in [0.1, 0.15) is 44.8 Å². The molecule has 0 spiro atoms. The first-order valence-corrected chi connectivity index (χ1v) is 5.68. The van der Waals surface area contributed by atoms with Crippen LogP contribution in [-0.2, 0) is 21.6 Å². The first kappa shape index (κ1) is 13.6. The van der Waals surface area contributed by atoms with Crippen molar-refractivity contribution in [1.29, 1.82) is 0 Å². The second kappa shape index (κ2) is 5.77. The number of carboxylic acid groups (broad SMARTS) is 1. The zero-order chi connectivity index (χ0) is 12.9.